The van der Waals surface area contributed by atoms with Crippen molar-refractivity contribution in [3.05, 3.63) is 123 Å². The Hall–Kier alpha value is -4.44. The molecule has 0 bridgehead atoms. The molecular weight excluding hydrogens is 547 g/mol. The largest absolute Gasteiger partial charge is 0.493 e. The van der Waals surface area contributed by atoms with Gasteiger partial charge in [0.25, 0.3) is 5.91 Å². The molecule has 0 spiro atoms. The molecule has 0 heterocycles. The van der Waals surface area contributed by atoms with Gasteiger partial charge in [-0.2, -0.15) is 5.26 Å². The van der Waals surface area contributed by atoms with Crippen molar-refractivity contribution in [2.45, 2.75) is 20.1 Å². The number of nitrogens with zero attached hydrogens (tertiary/aromatic N) is 1. The Kier molecular flexibility index (Phi) is 9.69. The second-order valence-corrected chi connectivity index (χ2v) is 9.62. The third kappa shape index (κ3) is 7.35. The Balaban J connectivity index is 1.44. The maximum Gasteiger partial charge on any atom is 0.266 e. The lowest BCUT2D eigenvalue weighted by Gasteiger charge is -2.14. The summed E-state index contributed by atoms with van der Waals surface area (Å²) in [5.41, 5.74) is 3.77. The van der Waals surface area contributed by atoms with Gasteiger partial charge in [-0.25, -0.2) is 0 Å². The van der Waals surface area contributed by atoms with Crippen molar-refractivity contribution in [2.75, 3.05) is 12.4 Å². The summed E-state index contributed by atoms with van der Waals surface area (Å²) >= 11 is 12.9. The summed E-state index contributed by atoms with van der Waals surface area (Å²) in [5.74, 6) is 0.936. The maximum atomic E-state index is 12.7. The highest BCUT2D eigenvalue weighted by atomic mass is 35.5. The third-order valence-electron chi connectivity index (χ3n) is 5.94. The summed E-state index contributed by atoms with van der Waals surface area (Å²) < 4.78 is 17.3. The number of nitrogens with one attached hydrogen (secondary N) is 1. The van der Waals surface area contributed by atoms with E-state index in [2.05, 4.69) is 5.32 Å². The zero-order valence-electron chi connectivity index (χ0n) is 21.9. The highest BCUT2D eigenvalue weighted by Crippen LogP contribution is 2.36. The normalized spacial score (nSPS) is 10.9. The Bertz CT molecular complexity index is 1560. The van der Waals surface area contributed by atoms with Crippen molar-refractivity contribution in [3.8, 4) is 23.3 Å². The second-order valence-electron chi connectivity index (χ2n) is 8.80. The highest BCUT2D eigenvalue weighted by Gasteiger charge is 2.14. The van der Waals surface area contributed by atoms with Gasteiger partial charge in [-0.15, -0.1) is 0 Å². The molecule has 0 unspecified atom stereocenters. The van der Waals surface area contributed by atoms with Crippen LogP contribution >= 0.6 is 23.2 Å². The number of methoxy groups -OCH3 is 1. The van der Waals surface area contributed by atoms with E-state index in [1.165, 1.54) is 6.08 Å². The first-order chi connectivity index (χ1) is 19.4. The molecular formula is C32H26Cl2N2O4. The molecule has 0 aliphatic carbocycles. The average Bonchev–Trinajstić information content (AvgIpc) is 2.96. The topological polar surface area (TPSA) is 80.6 Å². The van der Waals surface area contributed by atoms with Crippen molar-refractivity contribution < 1.29 is 19.0 Å². The van der Waals surface area contributed by atoms with Crippen LogP contribution in [-0.2, 0) is 18.0 Å². The summed E-state index contributed by atoms with van der Waals surface area (Å²) in [6.07, 6.45) is 1.42. The number of anilines is 1. The van der Waals surface area contributed by atoms with E-state index < -0.39 is 5.91 Å². The van der Waals surface area contributed by atoms with E-state index in [-0.39, 0.29) is 28.0 Å². The number of aryl methyl sites for hydroxylation is 1. The molecule has 6 nitrogen and oxygen atoms in total. The van der Waals surface area contributed by atoms with Crippen LogP contribution in [0.5, 0.6) is 17.2 Å². The molecule has 4 aromatic rings. The first-order valence-electron chi connectivity index (χ1n) is 12.3. The van der Waals surface area contributed by atoms with Gasteiger partial charge >= 0.3 is 0 Å². The second kappa shape index (κ2) is 13.6. The van der Waals surface area contributed by atoms with Gasteiger partial charge in [0.15, 0.2) is 17.2 Å². The summed E-state index contributed by atoms with van der Waals surface area (Å²) in [4.78, 5) is 12.7. The van der Waals surface area contributed by atoms with E-state index in [0.29, 0.717) is 29.4 Å². The van der Waals surface area contributed by atoms with Crippen molar-refractivity contribution in [3.63, 3.8) is 0 Å². The van der Waals surface area contributed by atoms with Crippen LogP contribution in [0.15, 0.2) is 90.5 Å². The van der Waals surface area contributed by atoms with Crippen LogP contribution in [0.4, 0.5) is 5.69 Å². The Labute approximate surface area is 243 Å². The number of ether oxygens (including phenoxy) is 3. The molecule has 1 N–H and O–H groups in total. The number of carbonyl (C=O) groups is 1. The summed E-state index contributed by atoms with van der Waals surface area (Å²) in [6, 6.07) is 27.8. The lowest BCUT2D eigenvalue weighted by molar-refractivity contribution is -0.112. The van der Waals surface area contributed by atoms with Gasteiger partial charge in [0.1, 0.15) is 24.9 Å². The predicted molar refractivity (Wildman–Crippen MR) is 158 cm³/mol. The van der Waals surface area contributed by atoms with Crippen LogP contribution in [0.1, 0.15) is 22.3 Å². The first-order valence-corrected chi connectivity index (χ1v) is 13.1. The van der Waals surface area contributed by atoms with Gasteiger partial charge in [-0.1, -0.05) is 77.8 Å². The number of rotatable bonds is 10. The number of hydrogen-bond donors (Lipinski definition) is 1. The number of para-hydroxylation sites is 1. The van der Waals surface area contributed by atoms with Gasteiger partial charge in [-0.3, -0.25) is 4.79 Å². The number of nitriles is 1. The van der Waals surface area contributed by atoms with Crippen molar-refractivity contribution in [1.29, 1.82) is 5.26 Å². The molecule has 8 heteroatoms. The van der Waals surface area contributed by atoms with Crippen LogP contribution in [0.2, 0.25) is 10.0 Å². The molecule has 4 aromatic carbocycles. The van der Waals surface area contributed by atoms with Crippen LogP contribution in [0, 0.1) is 18.3 Å². The molecule has 0 fully saturated rings. The monoisotopic (exact) mass is 572 g/mol. The highest BCUT2D eigenvalue weighted by molar-refractivity contribution is 6.37. The molecule has 202 valence electrons. The fraction of sp³-hybridized carbons (Fsp3) is 0.125. The number of hydrogen-bond acceptors (Lipinski definition) is 5. The minimum Gasteiger partial charge on any atom is -0.493 e. The smallest absolute Gasteiger partial charge is 0.266 e. The first kappa shape index (κ1) is 28.6. The molecule has 0 saturated heterocycles. The number of halogens is 2. The van der Waals surface area contributed by atoms with E-state index in [1.54, 1.807) is 31.4 Å². The summed E-state index contributed by atoms with van der Waals surface area (Å²) in [7, 11) is 1.58. The average molecular weight is 573 g/mol. The van der Waals surface area contributed by atoms with Crippen molar-refractivity contribution in [2.24, 2.45) is 0 Å². The van der Waals surface area contributed by atoms with Crippen LogP contribution in [-0.4, -0.2) is 13.0 Å². The quantitative estimate of drug-likeness (QED) is 0.154. The standard InChI is InChI=1S/C32H26Cl2N2O4/c1-21-8-6-7-11-28(21)36-32(37)25(18-35)14-24-15-26(33)31(27(34)16-24)40-20-23-12-13-29(30(17-23)38-2)39-19-22-9-4-3-5-10-22/h3-17H,19-20H2,1-2H3,(H,36,37)/b25-14-. The molecule has 0 aliphatic heterocycles. The van der Waals surface area contributed by atoms with E-state index in [1.807, 2.05) is 73.7 Å². The minimum absolute atomic E-state index is 0.0919. The van der Waals surface area contributed by atoms with Crippen molar-refractivity contribution >= 4 is 40.9 Å². The number of amides is 1. The SMILES string of the molecule is COc1cc(COc2c(Cl)cc(/C=C(/C#N)C(=O)Nc3ccccc3C)cc2Cl)ccc1OCc1ccccc1. The van der Waals surface area contributed by atoms with E-state index in [4.69, 9.17) is 37.4 Å². The number of benzene rings is 4. The zero-order chi connectivity index (χ0) is 28.5. The van der Waals surface area contributed by atoms with Gasteiger partial charge in [-0.05, 0) is 65.6 Å². The Morgan fingerprint density at radius 2 is 1.55 bits per heavy atom. The summed E-state index contributed by atoms with van der Waals surface area (Å²) in [5, 5.41) is 12.8. The maximum absolute atomic E-state index is 12.7. The Morgan fingerprint density at radius 3 is 2.23 bits per heavy atom. The Morgan fingerprint density at radius 1 is 0.875 bits per heavy atom. The molecule has 1 amide bonds. The molecule has 40 heavy (non-hydrogen) atoms. The van der Waals surface area contributed by atoms with Gasteiger partial charge in [0.05, 0.1) is 17.2 Å². The van der Waals surface area contributed by atoms with E-state index >= 15 is 0 Å². The molecule has 0 aliphatic rings. The van der Waals surface area contributed by atoms with Gasteiger partial charge in [0.2, 0.25) is 0 Å². The van der Waals surface area contributed by atoms with Gasteiger partial charge in [0, 0.05) is 5.69 Å². The lowest BCUT2D eigenvalue weighted by Crippen LogP contribution is -2.14. The van der Waals surface area contributed by atoms with Crippen LogP contribution in [0.3, 0.4) is 0 Å². The fourth-order valence-corrected chi connectivity index (χ4v) is 4.44. The lowest BCUT2D eigenvalue weighted by atomic mass is 10.1. The molecule has 0 atom stereocenters. The predicted octanol–water partition coefficient (Wildman–Crippen LogP) is 8.01. The third-order valence-corrected chi connectivity index (χ3v) is 6.50. The van der Waals surface area contributed by atoms with Gasteiger partial charge < -0.3 is 19.5 Å². The molecule has 4 rings (SSSR count). The van der Waals surface area contributed by atoms with E-state index in [0.717, 1.165) is 16.7 Å². The summed E-state index contributed by atoms with van der Waals surface area (Å²) in [6.45, 7) is 2.46. The van der Waals surface area contributed by atoms with Crippen LogP contribution < -0.4 is 19.5 Å². The van der Waals surface area contributed by atoms with E-state index in [9.17, 15) is 10.1 Å². The van der Waals surface area contributed by atoms with Crippen molar-refractivity contribution in [1.82, 2.24) is 0 Å². The van der Waals surface area contributed by atoms with Crippen LogP contribution in [0.25, 0.3) is 6.08 Å². The fourth-order valence-electron chi connectivity index (χ4n) is 3.83. The molecule has 0 saturated carbocycles. The number of carbonyl (C=O) groups excluding carboxylic acids is 1. The molecule has 0 radical (unpaired) electrons. The molecule has 0 aromatic heterocycles. The minimum atomic E-state index is -0.533. The zero-order valence-corrected chi connectivity index (χ0v) is 23.4.